The fourth-order valence-corrected chi connectivity index (χ4v) is 3.27. The van der Waals surface area contributed by atoms with Crippen LogP contribution in [0.5, 0.6) is 11.5 Å². The smallest absolute Gasteiger partial charge is 0.261 e. The van der Waals surface area contributed by atoms with Gasteiger partial charge in [-0.05, 0) is 34.1 Å². The zero-order valence-electron chi connectivity index (χ0n) is 15.7. The molecule has 0 unspecified atom stereocenters. The molecule has 0 aliphatic rings. The number of aromatic nitrogens is 5. The molecule has 29 heavy (non-hydrogen) atoms. The number of hydrogen-bond acceptors (Lipinski definition) is 7. The molecule has 4 aromatic rings. The average molecular weight is 457 g/mol. The minimum atomic E-state index is -0.198. The summed E-state index contributed by atoms with van der Waals surface area (Å²) < 4.78 is 14.3. The van der Waals surface area contributed by atoms with Crippen molar-refractivity contribution in [2.45, 2.75) is 6.54 Å². The highest BCUT2D eigenvalue weighted by Crippen LogP contribution is 2.25. The first-order chi connectivity index (χ1) is 14.0. The molecule has 0 saturated heterocycles. The summed E-state index contributed by atoms with van der Waals surface area (Å²) in [6.07, 6.45) is 4.71. The van der Waals surface area contributed by atoms with Crippen LogP contribution in [0.4, 0.5) is 5.82 Å². The van der Waals surface area contributed by atoms with Gasteiger partial charge in [0.2, 0.25) is 0 Å². The third kappa shape index (κ3) is 3.42. The van der Waals surface area contributed by atoms with Crippen molar-refractivity contribution in [2.24, 2.45) is 0 Å². The molecule has 3 aromatic heterocycles. The molecule has 4 rings (SSSR count). The van der Waals surface area contributed by atoms with Crippen LogP contribution in [0, 0.1) is 0 Å². The molecule has 0 atom stereocenters. The van der Waals surface area contributed by atoms with Gasteiger partial charge in [0, 0.05) is 24.0 Å². The predicted octanol–water partition coefficient (Wildman–Crippen LogP) is 2.39. The van der Waals surface area contributed by atoms with Crippen molar-refractivity contribution in [3.05, 3.63) is 63.4 Å². The SMILES string of the molecule is COc1ccc(Cn2cnc3c(-n4cc(Br)c(N)n4)nccc3c2=O)c(OC)c1. The van der Waals surface area contributed by atoms with Crippen molar-refractivity contribution < 1.29 is 9.47 Å². The van der Waals surface area contributed by atoms with Gasteiger partial charge in [-0.15, -0.1) is 5.10 Å². The Bertz CT molecular complexity index is 1250. The Labute approximate surface area is 173 Å². The van der Waals surface area contributed by atoms with Gasteiger partial charge in [-0.25, -0.2) is 14.6 Å². The Balaban J connectivity index is 1.79. The van der Waals surface area contributed by atoms with Gasteiger partial charge < -0.3 is 15.2 Å². The summed E-state index contributed by atoms with van der Waals surface area (Å²) in [5.41, 5.74) is 6.86. The van der Waals surface area contributed by atoms with Crippen LogP contribution in [-0.4, -0.2) is 38.5 Å². The van der Waals surface area contributed by atoms with E-state index in [-0.39, 0.29) is 5.56 Å². The topological polar surface area (TPSA) is 110 Å². The van der Waals surface area contributed by atoms with Gasteiger partial charge in [-0.3, -0.25) is 9.36 Å². The Morgan fingerprint density at radius 3 is 2.69 bits per heavy atom. The Morgan fingerprint density at radius 2 is 2.00 bits per heavy atom. The van der Waals surface area contributed by atoms with Crippen molar-refractivity contribution in [3.8, 4) is 17.3 Å². The molecule has 10 heteroatoms. The maximum Gasteiger partial charge on any atom is 0.261 e. The molecule has 0 spiro atoms. The maximum absolute atomic E-state index is 13.1. The Morgan fingerprint density at radius 1 is 1.17 bits per heavy atom. The second kappa shape index (κ2) is 7.55. The number of rotatable bonds is 5. The van der Waals surface area contributed by atoms with Crippen LogP contribution in [0.2, 0.25) is 0 Å². The van der Waals surface area contributed by atoms with Crippen LogP contribution in [0.1, 0.15) is 5.56 Å². The molecule has 0 bridgehead atoms. The number of nitrogen functional groups attached to an aromatic ring is 1. The third-order valence-electron chi connectivity index (χ3n) is 4.47. The number of fused-ring (bicyclic) bond motifs is 1. The predicted molar refractivity (Wildman–Crippen MR) is 112 cm³/mol. The molecule has 0 amide bonds. The van der Waals surface area contributed by atoms with E-state index in [0.29, 0.717) is 45.1 Å². The van der Waals surface area contributed by atoms with Gasteiger partial charge >= 0.3 is 0 Å². The number of ether oxygens (including phenoxy) is 2. The van der Waals surface area contributed by atoms with Gasteiger partial charge in [0.1, 0.15) is 17.0 Å². The first-order valence-corrected chi connectivity index (χ1v) is 9.37. The average Bonchev–Trinajstić information content (AvgIpc) is 3.08. The fraction of sp³-hybridized carbons (Fsp3) is 0.158. The lowest BCUT2D eigenvalue weighted by Gasteiger charge is -2.12. The lowest BCUT2D eigenvalue weighted by atomic mass is 10.2. The number of anilines is 1. The Hall–Kier alpha value is -3.40. The van der Waals surface area contributed by atoms with Crippen molar-refractivity contribution >= 4 is 32.7 Å². The number of nitrogens with zero attached hydrogens (tertiary/aromatic N) is 5. The van der Waals surface area contributed by atoms with Crippen molar-refractivity contribution in [3.63, 3.8) is 0 Å². The molecule has 0 aliphatic heterocycles. The number of benzene rings is 1. The minimum Gasteiger partial charge on any atom is -0.497 e. The molecular formula is C19H17BrN6O3. The molecule has 3 heterocycles. The first kappa shape index (κ1) is 18.9. The number of halogens is 1. The van der Waals surface area contributed by atoms with Crippen LogP contribution in [0.15, 0.2) is 52.3 Å². The second-order valence-electron chi connectivity index (χ2n) is 6.19. The summed E-state index contributed by atoms with van der Waals surface area (Å²) in [6, 6.07) is 7.09. The molecular weight excluding hydrogens is 440 g/mol. The first-order valence-electron chi connectivity index (χ1n) is 8.58. The van der Waals surface area contributed by atoms with Crippen molar-refractivity contribution in [2.75, 3.05) is 20.0 Å². The highest BCUT2D eigenvalue weighted by molar-refractivity contribution is 9.10. The number of nitrogens with two attached hydrogens (primary N) is 1. The highest BCUT2D eigenvalue weighted by atomic mass is 79.9. The summed E-state index contributed by atoms with van der Waals surface area (Å²) in [4.78, 5) is 21.9. The standard InChI is InChI=1S/C19H17BrN6O3/c1-28-12-4-3-11(15(7-12)29-2)8-25-10-23-16-13(19(25)27)5-6-22-18(16)26-9-14(20)17(21)24-26/h3-7,9-10H,8H2,1-2H3,(H2,21,24). The summed E-state index contributed by atoms with van der Waals surface area (Å²) >= 11 is 3.32. The quantitative estimate of drug-likeness (QED) is 0.490. The van der Waals surface area contributed by atoms with E-state index in [2.05, 4.69) is 31.0 Å². The van der Waals surface area contributed by atoms with Gasteiger partial charge in [-0.2, -0.15) is 0 Å². The molecule has 2 N–H and O–H groups in total. The number of pyridine rings is 1. The van der Waals surface area contributed by atoms with Crippen molar-refractivity contribution in [1.82, 2.24) is 24.3 Å². The summed E-state index contributed by atoms with van der Waals surface area (Å²) in [5.74, 6) is 2.05. The second-order valence-corrected chi connectivity index (χ2v) is 7.05. The zero-order chi connectivity index (χ0) is 20.5. The Kier molecular flexibility index (Phi) is 4.93. The van der Waals surface area contributed by atoms with Gasteiger partial charge in [0.25, 0.3) is 5.56 Å². The van der Waals surface area contributed by atoms with E-state index in [4.69, 9.17) is 15.2 Å². The molecule has 0 radical (unpaired) electrons. The van der Waals surface area contributed by atoms with E-state index in [1.165, 1.54) is 15.6 Å². The minimum absolute atomic E-state index is 0.198. The van der Waals surface area contributed by atoms with E-state index >= 15 is 0 Å². The van der Waals surface area contributed by atoms with Gasteiger partial charge in [-0.1, -0.05) is 0 Å². The lowest BCUT2D eigenvalue weighted by Crippen LogP contribution is -2.22. The molecule has 0 fully saturated rings. The normalized spacial score (nSPS) is 11.0. The number of methoxy groups -OCH3 is 2. The monoisotopic (exact) mass is 456 g/mol. The maximum atomic E-state index is 13.1. The molecule has 0 aliphatic carbocycles. The van der Waals surface area contributed by atoms with Crippen molar-refractivity contribution in [1.29, 1.82) is 0 Å². The number of hydrogen-bond donors (Lipinski definition) is 1. The van der Waals surface area contributed by atoms with E-state index in [1.807, 2.05) is 12.1 Å². The van der Waals surface area contributed by atoms with Crippen LogP contribution >= 0.6 is 15.9 Å². The molecule has 148 valence electrons. The molecule has 9 nitrogen and oxygen atoms in total. The van der Waals surface area contributed by atoms with Crippen LogP contribution < -0.4 is 20.8 Å². The molecule has 1 aromatic carbocycles. The van der Waals surface area contributed by atoms with Crippen LogP contribution in [-0.2, 0) is 6.54 Å². The third-order valence-corrected chi connectivity index (χ3v) is 5.08. The van der Waals surface area contributed by atoms with Gasteiger partial charge in [0.05, 0.1) is 37.0 Å². The summed E-state index contributed by atoms with van der Waals surface area (Å²) in [5, 5.41) is 4.62. The van der Waals surface area contributed by atoms with E-state index < -0.39 is 0 Å². The summed E-state index contributed by atoms with van der Waals surface area (Å²) in [7, 11) is 3.16. The van der Waals surface area contributed by atoms with E-state index in [9.17, 15) is 4.79 Å². The summed E-state index contributed by atoms with van der Waals surface area (Å²) in [6.45, 7) is 0.298. The fourth-order valence-electron chi connectivity index (χ4n) is 3.00. The van der Waals surface area contributed by atoms with E-state index in [1.54, 1.807) is 38.7 Å². The van der Waals surface area contributed by atoms with Gasteiger partial charge in [0.15, 0.2) is 11.6 Å². The largest absolute Gasteiger partial charge is 0.497 e. The van der Waals surface area contributed by atoms with Crippen LogP contribution in [0.3, 0.4) is 0 Å². The molecule has 0 saturated carbocycles. The highest BCUT2D eigenvalue weighted by Gasteiger charge is 2.14. The van der Waals surface area contributed by atoms with E-state index in [0.717, 1.165) is 5.56 Å². The zero-order valence-corrected chi connectivity index (χ0v) is 17.3. The van der Waals surface area contributed by atoms with Crippen LogP contribution in [0.25, 0.3) is 16.7 Å². The lowest BCUT2D eigenvalue weighted by molar-refractivity contribution is 0.390.